The van der Waals surface area contributed by atoms with Crippen LogP contribution in [-0.2, 0) is 0 Å². The number of hydrogen-bond donors (Lipinski definition) is 0. The Morgan fingerprint density at radius 3 is 1.92 bits per heavy atom. The molecule has 0 radical (unpaired) electrons. The second-order valence-corrected chi connectivity index (χ2v) is 15.0. The molecule has 0 fully saturated rings. The first-order valence-electron chi connectivity index (χ1n) is 17.9. The maximum absolute atomic E-state index is 2.50. The van der Waals surface area contributed by atoms with E-state index in [1.807, 2.05) is 11.3 Å². The highest BCUT2D eigenvalue weighted by atomic mass is 32.1. The first-order chi connectivity index (χ1) is 25.8. The van der Waals surface area contributed by atoms with Crippen molar-refractivity contribution in [3.63, 3.8) is 0 Å². The zero-order chi connectivity index (χ0) is 33.9. The monoisotopic (exact) mass is 675 g/mol. The predicted octanol–water partition coefficient (Wildman–Crippen LogP) is 14.5. The van der Waals surface area contributed by atoms with Gasteiger partial charge in [-0.3, -0.25) is 0 Å². The third kappa shape index (κ3) is 3.82. The van der Waals surface area contributed by atoms with E-state index >= 15 is 0 Å². The lowest BCUT2D eigenvalue weighted by molar-refractivity contribution is 1.19. The Labute approximate surface area is 303 Å². The Bertz CT molecular complexity index is 3400. The Hall–Kier alpha value is -6.48. The topological polar surface area (TPSA) is 4.93 Å². The summed E-state index contributed by atoms with van der Waals surface area (Å²) in [6, 6.07) is 65.3. The molecular formula is C50H29NS. The SMILES string of the molecule is c1ccc(-n2c3cccc4ccc5cc6c7cccc(-c8cccc(-c9cc%10c%11ccccc%11ccc%10c%10ccccc9%10)c8)c7sc6c2c5c43)cc1. The van der Waals surface area contributed by atoms with Crippen molar-refractivity contribution in [2.24, 2.45) is 0 Å². The summed E-state index contributed by atoms with van der Waals surface area (Å²) >= 11 is 1.94. The lowest BCUT2D eigenvalue weighted by Gasteiger charge is -2.14. The van der Waals surface area contributed by atoms with Gasteiger partial charge in [0.1, 0.15) is 0 Å². The molecule has 12 aromatic rings. The number of rotatable bonds is 3. The van der Waals surface area contributed by atoms with Gasteiger partial charge in [0.25, 0.3) is 0 Å². The first-order valence-corrected chi connectivity index (χ1v) is 18.7. The van der Waals surface area contributed by atoms with Gasteiger partial charge >= 0.3 is 0 Å². The van der Waals surface area contributed by atoms with Crippen molar-refractivity contribution >= 4 is 96.4 Å². The summed E-state index contributed by atoms with van der Waals surface area (Å²) in [5.74, 6) is 0. The molecular weight excluding hydrogens is 647 g/mol. The van der Waals surface area contributed by atoms with Crippen LogP contribution in [0.25, 0.3) is 113 Å². The molecule has 0 aliphatic carbocycles. The average Bonchev–Trinajstić information content (AvgIpc) is 3.77. The summed E-state index contributed by atoms with van der Waals surface area (Å²) in [5, 5.41) is 15.7. The second kappa shape index (κ2) is 10.5. The van der Waals surface area contributed by atoms with Crippen LogP contribution >= 0.6 is 11.3 Å². The van der Waals surface area contributed by atoms with E-state index in [2.05, 4.69) is 180 Å². The van der Waals surface area contributed by atoms with E-state index in [4.69, 9.17) is 0 Å². The van der Waals surface area contributed by atoms with E-state index in [9.17, 15) is 0 Å². The van der Waals surface area contributed by atoms with Crippen LogP contribution in [0.5, 0.6) is 0 Å². The van der Waals surface area contributed by atoms with Crippen molar-refractivity contribution in [2.75, 3.05) is 0 Å². The van der Waals surface area contributed by atoms with Crippen molar-refractivity contribution in [2.45, 2.75) is 0 Å². The molecule has 0 amide bonds. The van der Waals surface area contributed by atoms with Crippen molar-refractivity contribution in [1.29, 1.82) is 0 Å². The quantitative estimate of drug-likeness (QED) is 0.164. The highest BCUT2D eigenvalue weighted by molar-refractivity contribution is 7.27. The summed E-state index contributed by atoms with van der Waals surface area (Å²) in [7, 11) is 0. The number of nitrogens with zero attached hydrogens (tertiary/aromatic N) is 1. The molecule has 0 spiro atoms. The van der Waals surface area contributed by atoms with E-state index < -0.39 is 0 Å². The molecule has 0 bridgehead atoms. The van der Waals surface area contributed by atoms with Crippen molar-refractivity contribution in [1.82, 2.24) is 4.57 Å². The lowest BCUT2D eigenvalue weighted by atomic mass is 9.90. The summed E-state index contributed by atoms with van der Waals surface area (Å²) < 4.78 is 5.17. The third-order valence-corrected chi connectivity index (χ3v) is 12.6. The molecule has 240 valence electrons. The summed E-state index contributed by atoms with van der Waals surface area (Å²) in [6.45, 7) is 0. The number of aromatic nitrogens is 1. The minimum absolute atomic E-state index is 1.20. The molecule has 0 aliphatic heterocycles. The fourth-order valence-corrected chi connectivity index (χ4v) is 10.4. The Kier molecular flexibility index (Phi) is 5.71. The minimum Gasteiger partial charge on any atom is -0.308 e. The van der Waals surface area contributed by atoms with Gasteiger partial charge in [0.15, 0.2) is 0 Å². The molecule has 10 aromatic carbocycles. The molecule has 2 heterocycles. The zero-order valence-electron chi connectivity index (χ0n) is 28.1. The minimum atomic E-state index is 1.20. The van der Waals surface area contributed by atoms with Gasteiger partial charge in [0, 0.05) is 31.9 Å². The van der Waals surface area contributed by atoms with Gasteiger partial charge in [-0.15, -0.1) is 11.3 Å². The summed E-state index contributed by atoms with van der Waals surface area (Å²) in [5.41, 5.74) is 8.78. The standard InChI is InChI=1S/C50H29NS/c1-2-15-35(16-3-1)51-45-22-9-12-31-23-24-34-28-44-41-21-10-20-37(49(41)52-50(44)48(51)47(34)46(31)45)32-13-8-14-33(27-32)42-29-43-36-17-5-4-11-30(36)25-26-40(43)38-18-6-7-19-39(38)42/h1-29H. The Morgan fingerprint density at radius 2 is 1.02 bits per heavy atom. The number of thiophene rings is 1. The van der Waals surface area contributed by atoms with Crippen molar-refractivity contribution in [3.8, 4) is 27.9 Å². The third-order valence-electron chi connectivity index (χ3n) is 11.3. The molecule has 0 atom stereocenters. The largest absolute Gasteiger partial charge is 0.308 e. The van der Waals surface area contributed by atoms with Crippen LogP contribution in [0.2, 0.25) is 0 Å². The van der Waals surface area contributed by atoms with E-state index in [1.54, 1.807) is 0 Å². The number of hydrogen-bond acceptors (Lipinski definition) is 1. The van der Waals surface area contributed by atoms with Gasteiger partial charge in [-0.2, -0.15) is 0 Å². The average molecular weight is 676 g/mol. The Balaban J connectivity index is 1.13. The maximum Gasteiger partial charge on any atom is 0.0726 e. The number of benzene rings is 10. The van der Waals surface area contributed by atoms with Crippen LogP contribution < -0.4 is 0 Å². The first kappa shape index (κ1) is 28.2. The highest BCUT2D eigenvalue weighted by Crippen LogP contribution is 2.49. The molecule has 1 nitrogen and oxygen atoms in total. The number of para-hydroxylation sites is 1. The predicted molar refractivity (Wildman–Crippen MR) is 226 cm³/mol. The van der Waals surface area contributed by atoms with Gasteiger partial charge in [0.2, 0.25) is 0 Å². The molecule has 12 rings (SSSR count). The molecule has 0 aliphatic rings. The van der Waals surface area contributed by atoms with E-state index in [0.29, 0.717) is 0 Å². The second-order valence-electron chi connectivity index (χ2n) is 14.0. The van der Waals surface area contributed by atoms with Crippen LogP contribution in [0.3, 0.4) is 0 Å². The fraction of sp³-hybridized carbons (Fsp3) is 0. The van der Waals surface area contributed by atoms with E-state index in [0.717, 1.165) is 0 Å². The number of fused-ring (bicyclic) bond motifs is 9. The lowest BCUT2D eigenvalue weighted by Crippen LogP contribution is -1.93. The van der Waals surface area contributed by atoms with Crippen molar-refractivity contribution in [3.05, 3.63) is 176 Å². The molecule has 0 saturated heterocycles. The smallest absolute Gasteiger partial charge is 0.0726 e. The van der Waals surface area contributed by atoms with Crippen LogP contribution in [0.15, 0.2) is 176 Å². The van der Waals surface area contributed by atoms with Gasteiger partial charge in [-0.25, -0.2) is 0 Å². The highest BCUT2D eigenvalue weighted by Gasteiger charge is 2.22. The van der Waals surface area contributed by atoms with Crippen molar-refractivity contribution < 1.29 is 0 Å². The molecule has 2 heteroatoms. The Morgan fingerprint density at radius 1 is 0.346 bits per heavy atom. The van der Waals surface area contributed by atoms with Gasteiger partial charge in [-0.1, -0.05) is 140 Å². The van der Waals surface area contributed by atoms with Crippen LogP contribution in [0.4, 0.5) is 0 Å². The van der Waals surface area contributed by atoms with Gasteiger partial charge in [-0.05, 0) is 102 Å². The van der Waals surface area contributed by atoms with E-state index in [1.165, 1.54) is 113 Å². The maximum atomic E-state index is 2.50. The summed E-state index contributed by atoms with van der Waals surface area (Å²) in [6.07, 6.45) is 0. The van der Waals surface area contributed by atoms with Crippen LogP contribution in [0, 0.1) is 0 Å². The molecule has 2 aromatic heterocycles. The van der Waals surface area contributed by atoms with Gasteiger partial charge < -0.3 is 4.57 Å². The normalized spacial score (nSPS) is 12.2. The molecule has 52 heavy (non-hydrogen) atoms. The van der Waals surface area contributed by atoms with Crippen LogP contribution in [-0.4, -0.2) is 4.57 Å². The summed E-state index contributed by atoms with van der Waals surface area (Å²) in [4.78, 5) is 0. The van der Waals surface area contributed by atoms with E-state index in [-0.39, 0.29) is 0 Å². The molecule has 0 saturated carbocycles. The zero-order valence-corrected chi connectivity index (χ0v) is 28.9. The fourth-order valence-electron chi connectivity index (χ4n) is 9.02. The molecule has 0 unspecified atom stereocenters. The van der Waals surface area contributed by atoms with Crippen LogP contribution in [0.1, 0.15) is 0 Å². The molecule has 0 N–H and O–H groups in total. The van der Waals surface area contributed by atoms with Gasteiger partial charge in [0.05, 0.1) is 15.7 Å².